The van der Waals surface area contributed by atoms with Gasteiger partial charge in [-0.2, -0.15) is 5.10 Å². The van der Waals surface area contributed by atoms with Crippen LogP contribution in [0.3, 0.4) is 0 Å². The number of H-pyrrole nitrogens is 2. The number of rotatable bonds is 5. The van der Waals surface area contributed by atoms with E-state index < -0.39 is 0 Å². The maximum Gasteiger partial charge on any atom is 0.340 e. The molecule has 1 aromatic heterocycles. The molecule has 1 aromatic rings. The van der Waals surface area contributed by atoms with Crippen molar-refractivity contribution in [3.63, 3.8) is 0 Å². The van der Waals surface area contributed by atoms with Crippen LogP contribution in [0.5, 0.6) is 0 Å². The molecule has 0 aliphatic carbocycles. The lowest BCUT2D eigenvalue weighted by atomic mass is 10.0. The largest absolute Gasteiger partial charge is 0.340 e. The molecule has 6 nitrogen and oxygen atoms in total. The van der Waals surface area contributed by atoms with Gasteiger partial charge in [-0.3, -0.25) is 4.98 Å². The van der Waals surface area contributed by atoms with Crippen molar-refractivity contribution in [2.75, 3.05) is 19.6 Å². The number of aromatic amines is 2. The van der Waals surface area contributed by atoms with E-state index in [0.717, 1.165) is 19.0 Å². The Hall–Kier alpha value is -1.14. The van der Waals surface area contributed by atoms with Gasteiger partial charge in [0.1, 0.15) is 5.82 Å². The fourth-order valence-electron chi connectivity index (χ4n) is 2.47. The van der Waals surface area contributed by atoms with E-state index >= 15 is 0 Å². The van der Waals surface area contributed by atoms with Gasteiger partial charge in [0.15, 0.2) is 0 Å². The van der Waals surface area contributed by atoms with Gasteiger partial charge in [0.05, 0.1) is 6.54 Å². The number of nitrogens with zero attached hydrogens (tertiary/aromatic N) is 2. The molecule has 1 aliphatic heterocycles. The predicted molar refractivity (Wildman–Crippen MR) is 70.3 cm³/mol. The zero-order valence-corrected chi connectivity index (χ0v) is 11.2. The Morgan fingerprint density at radius 2 is 2.17 bits per heavy atom. The molecule has 0 bridgehead atoms. The quantitative estimate of drug-likeness (QED) is 0.706. The van der Waals surface area contributed by atoms with Crippen LogP contribution in [-0.4, -0.2) is 45.8 Å². The Kier molecular flexibility index (Phi) is 4.54. The summed E-state index contributed by atoms with van der Waals surface area (Å²) >= 11 is 0. The summed E-state index contributed by atoms with van der Waals surface area (Å²) in [7, 11) is 0. The number of nitrogens with one attached hydrogen (secondary N) is 3. The van der Waals surface area contributed by atoms with Crippen LogP contribution in [0.25, 0.3) is 0 Å². The number of aromatic nitrogens is 3. The van der Waals surface area contributed by atoms with E-state index in [1.807, 2.05) is 0 Å². The van der Waals surface area contributed by atoms with Crippen LogP contribution in [0.4, 0.5) is 0 Å². The van der Waals surface area contributed by atoms with Crippen molar-refractivity contribution in [2.24, 2.45) is 5.92 Å². The summed E-state index contributed by atoms with van der Waals surface area (Å²) in [6.07, 6.45) is 2.34. The van der Waals surface area contributed by atoms with Gasteiger partial charge in [-0.15, -0.1) is 0 Å². The zero-order chi connectivity index (χ0) is 13.0. The Balaban J connectivity index is 1.69. The molecule has 0 radical (unpaired) electrons. The first-order valence-corrected chi connectivity index (χ1v) is 6.73. The van der Waals surface area contributed by atoms with Crippen LogP contribution in [0, 0.1) is 5.92 Å². The average Bonchev–Trinajstić information content (AvgIpc) is 2.74. The van der Waals surface area contributed by atoms with Gasteiger partial charge < -0.3 is 10.2 Å². The van der Waals surface area contributed by atoms with Crippen molar-refractivity contribution in [3.8, 4) is 0 Å². The molecule has 2 heterocycles. The van der Waals surface area contributed by atoms with Gasteiger partial charge >= 0.3 is 5.69 Å². The highest BCUT2D eigenvalue weighted by Gasteiger charge is 2.19. The van der Waals surface area contributed by atoms with Crippen molar-refractivity contribution in [3.05, 3.63) is 16.3 Å². The van der Waals surface area contributed by atoms with Gasteiger partial charge in [0.25, 0.3) is 0 Å². The van der Waals surface area contributed by atoms with E-state index in [9.17, 15) is 4.79 Å². The SMILES string of the molecule is CC(C)CN1CCC(NCc2n[nH]c(=O)[nH]2)CC1. The second kappa shape index (κ2) is 6.15. The van der Waals surface area contributed by atoms with Gasteiger partial charge in [0, 0.05) is 12.6 Å². The molecule has 1 saturated heterocycles. The lowest BCUT2D eigenvalue weighted by Crippen LogP contribution is -2.43. The van der Waals surface area contributed by atoms with E-state index in [0.29, 0.717) is 18.4 Å². The maximum absolute atomic E-state index is 10.9. The number of piperidine rings is 1. The Bertz CT molecular complexity index is 403. The minimum atomic E-state index is -0.237. The van der Waals surface area contributed by atoms with Gasteiger partial charge in [-0.1, -0.05) is 13.8 Å². The summed E-state index contributed by atoms with van der Waals surface area (Å²) < 4.78 is 0. The normalized spacial score (nSPS) is 18.6. The second-order valence-electron chi connectivity index (χ2n) is 5.47. The zero-order valence-electron chi connectivity index (χ0n) is 11.2. The van der Waals surface area contributed by atoms with E-state index in [4.69, 9.17) is 0 Å². The van der Waals surface area contributed by atoms with E-state index in [2.05, 4.69) is 39.2 Å². The molecule has 3 N–H and O–H groups in total. The highest BCUT2D eigenvalue weighted by atomic mass is 16.1. The standard InChI is InChI=1S/C12H23N5O/c1-9(2)8-17-5-3-10(4-6-17)13-7-11-14-12(18)16-15-11/h9-10,13H,3-8H2,1-2H3,(H2,14,15,16,18). The highest BCUT2D eigenvalue weighted by molar-refractivity contribution is 4.83. The number of likely N-dealkylation sites (tertiary alicyclic amines) is 1. The highest BCUT2D eigenvalue weighted by Crippen LogP contribution is 2.12. The second-order valence-corrected chi connectivity index (χ2v) is 5.47. The Labute approximate surface area is 107 Å². The van der Waals surface area contributed by atoms with Crippen molar-refractivity contribution in [1.82, 2.24) is 25.4 Å². The molecule has 0 spiro atoms. The Morgan fingerprint density at radius 1 is 1.44 bits per heavy atom. The molecule has 0 aromatic carbocycles. The monoisotopic (exact) mass is 253 g/mol. The number of hydrogen-bond acceptors (Lipinski definition) is 4. The van der Waals surface area contributed by atoms with E-state index in [1.165, 1.54) is 19.4 Å². The predicted octanol–water partition coefficient (Wildman–Crippen LogP) is 0.308. The smallest absolute Gasteiger partial charge is 0.307 e. The van der Waals surface area contributed by atoms with Gasteiger partial charge in [-0.25, -0.2) is 9.89 Å². The molecule has 0 amide bonds. The topological polar surface area (TPSA) is 76.8 Å². The van der Waals surface area contributed by atoms with Gasteiger partial charge in [-0.05, 0) is 31.8 Å². The molecular weight excluding hydrogens is 230 g/mol. The first kappa shape index (κ1) is 13.3. The van der Waals surface area contributed by atoms with E-state index in [-0.39, 0.29) is 5.69 Å². The van der Waals surface area contributed by atoms with Gasteiger partial charge in [0.2, 0.25) is 0 Å². The first-order valence-electron chi connectivity index (χ1n) is 6.73. The van der Waals surface area contributed by atoms with Crippen molar-refractivity contribution >= 4 is 0 Å². The summed E-state index contributed by atoms with van der Waals surface area (Å²) in [4.78, 5) is 16.1. The molecule has 2 rings (SSSR count). The van der Waals surface area contributed by atoms with Crippen LogP contribution >= 0.6 is 0 Å². The third-order valence-corrected chi connectivity index (χ3v) is 3.32. The fourth-order valence-corrected chi connectivity index (χ4v) is 2.47. The molecule has 6 heteroatoms. The minimum Gasteiger partial charge on any atom is -0.307 e. The molecule has 1 fully saturated rings. The lowest BCUT2D eigenvalue weighted by molar-refractivity contribution is 0.179. The van der Waals surface area contributed by atoms with Crippen LogP contribution in [0.1, 0.15) is 32.5 Å². The van der Waals surface area contributed by atoms with Crippen LogP contribution in [-0.2, 0) is 6.54 Å². The summed E-state index contributed by atoms with van der Waals surface area (Å²) in [5.41, 5.74) is -0.237. The summed E-state index contributed by atoms with van der Waals surface area (Å²) in [5, 5.41) is 9.71. The molecule has 0 atom stereocenters. The number of hydrogen-bond donors (Lipinski definition) is 3. The van der Waals surface area contributed by atoms with Crippen LogP contribution in [0.15, 0.2) is 4.79 Å². The van der Waals surface area contributed by atoms with Crippen molar-refractivity contribution in [1.29, 1.82) is 0 Å². The average molecular weight is 253 g/mol. The molecule has 1 aliphatic rings. The maximum atomic E-state index is 10.9. The third kappa shape index (κ3) is 3.96. The third-order valence-electron chi connectivity index (χ3n) is 3.32. The van der Waals surface area contributed by atoms with Crippen molar-refractivity contribution in [2.45, 2.75) is 39.3 Å². The van der Waals surface area contributed by atoms with Crippen LogP contribution < -0.4 is 11.0 Å². The first-order chi connectivity index (χ1) is 8.63. The molecule has 0 saturated carbocycles. The van der Waals surface area contributed by atoms with Crippen LogP contribution in [0.2, 0.25) is 0 Å². The van der Waals surface area contributed by atoms with Crippen molar-refractivity contribution < 1.29 is 0 Å². The summed E-state index contributed by atoms with van der Waals surface area (Å²) in [6.45, 7) is 8.67. The minimum absolute atomic E-state index is 0.237. The Morgan fingerprint density at radius 3 is 2.72 bits per heavy atom. The summed E-state index contributed by atoms with van der Waals surface area (Å²) in [5.74, 6) is 1.42. The fraction of sp³-hybridized carbons (Fsp3) is 0.833. The van der Waals surface area contributed by atoms with E-state index in [1.54, 1.807) is 0 Å². The summed E-state index contributed by atoms with van der Waals surface area (Å²) in [6, 6.07) is 0.536. The molecule has 18 heavy (non-hydrogen) atoms. The lowest BCUT2D eigenvalue weighted by Gasteiger charge is -2.33. The molecular formula is C12H23N5O. The molecule has 0 unspecified atom stereocenters. The molecule has 102 valence electrons.